The van der Waals surface area contributed by atoms with Crippen LogP contribution in [0.2, 0.25) is 0 Å². The first-order valence-corrected chi connectivity index (χ1v) is 5.56. The first-order chi connectivity index (χ1) is 8.38. The summed E-state index contributed by atoms with van der Waals surface area (Å²) >= 11 is 0. The highest BCUT2D eigenvalue weighted by Crippen LogP contribution is 2.08. The van der Waals surface area contributed by atoms with Gasteiger partial charge in [-0.3, -0.25) is 0 Å². The van der Waals surface area contributed by atoms with Gasteiger partial charge in [-0.05, 0) is 18.2 Å². The molecule has 0 amide bonds. The molecule has 1 aliphatic heterocycles. The highest BCUT2D eigenvalue weighted by Gasteiger charge is 2.08. The Balaban J connectivity index is 1.81. The molecule has 1 aliphatic rings. The third-order valence-electron chi connectivity index (χ3n) is 2.60. The zero-order valence-corrected chi connectivity index (χ0v) is 9.50. The number of rotatable bonds is 4. The van der Waals surface area contributed by atoms with Crippen LogP contribution in [0.15, 0.2) is 47.3 Å². The molecule has 1 aromatic rings. The van der Waals surface area contributed by atoms with E-state index in [1.807, 2.05) is 35.2 Å². The summed E-state index contributed by atoms with van der Waals surface area (Å²) in [6.07, 6.45) is 4.41. The van der Waals surface area contributed by atoms with Crippen molar-refractivity contribution in [1.82, 2.24) is 10.3 Å². The van der Waals surface area contributed by atoms with Gasteiger partial charge in [0.1, 0.15) is 6.34 Å². The predicted molar refractivity (Wildman–Crippen MR) is 67.8 cm³/mol. The number of anilines is 1. The fourth-order valence-electron chi connectivity index (χ4n) is 1.65. The lowest BCUT2D eigenvalue weighted by atomic mass is 10.2. The molecule has 3 N–H and O–H groups in total. The van der Waals surface area contributed by atoms with Gasteiger partial charge in [0.15, 0.2) is 0 Å². The average molecular weight is 232 g/mol. The quantitative estimate of drug-likeness (QED) is 0.319. The molecule has 0 aliphatic carbocycles. The molecule has 5 nitrogen and oxygen atoms in total. The van der Waals surface area contributed by atoms with Crippen LogP contribution in [0.3, 0.4) is 0 Å². The minimum absolute atomic E-state index is 0.753. The van der Waals surface area contributed by atoms with Crippen LogP contribution in [0.1, 0.15) is 6.42 Å². The van der Waals surface area contributed by atoms with E-state index < -0.39 is 0 Å². The van der Waals surface area contributed by atoms with Crippen molar-refractivity contribution < 1.29 is 5.21 Å². The molecule has 0 unspecified atom stereocenters. The van der Waals surface area contributed by atoms with E-state index >= 15 is 0 Å². The van der Waals surface area contributed by atoms with E-state index in [-0.39, 0.29) is 0 Å². The molecule has 17 heavy (non-hydrogen) atoms. The van der Waals surface area contributed by atoms with Gasteiger partial charge in [-0.2, -0.15) is 0 Å². The molecule has 1 heterocycles. The summed E-state index contributed by atoms with van der Waals surface area (Å²) in [4.78, 5) is 1.94. The van der Waals surface area contributed by atoms with Gasteiger partial charge in [0.2, 0.25) is 0 Å². The van der Waals surface area contributed by atoms with Crippen molar-refractivity contribution in [2.24, 2.45) is 5.16 Å². The highest BCUT2D eigenvalue weighted by molar-refractivity contribution is 5.54. The van der Waals surface area contributed by atoms with Gasteiger partial charge in [-0.15, -0.1) is 0 Å². The van der Waals surface area contributed by atoms with Crippen molar-refractivity contribution in [1.29, 1.82) is 0 Å². The van der Waals surface area contributed by atoms with E-state index in [0.717, 1.165) is 30.9 Å². The van der Waals surface area contributed by atoms with Gasteiger partial charge in [0, 0.05) is 25.2 Å². The van der Waals surface area contributed by atoms with Gasteiger partial charge < -0.3 is 21.0 Å². The molecular formula is C12H16N4O. The number of hydrazine groups is 1. The van der Waals surface area contributed by atoms with Gasteiger partial charge in [0.25, 0.3) is 0 Å². The Bertz CT molecular complexity index is 402. The van der Waals surface area contributed by atoms with Crippen LogP contribution in [0.25, 0.3) is 0 Å². The van der Waals surface area contributed by atoms with E-state index in [2.05, 4.69) is 22.1 Å². The Hall–Kier alpha value is -2.17. The maximum atomic E-state index is 8.42. The van der Waals surface area contributed by atoms with Crippen molar-refractivity contribution in [3.05, 3.63) is 42.1 Å². The summed E-state index contributed by atoms with van der Waals surface area (Å²) in [6, 6.07) is 9.96. The maximum absolute atomic E-state index is 8.42. The Kier molecular flexibility index (Phi) is 3.85. The zero-order chi connectivity index (χ0) is 11.9. The minimum Gasteiger partial charge on any atom is -0.410 e. The third-order valence-corrected chi connectivity index (χ3v) is 2.60. The molecule has 0 saturated heterocycles. The highest BCUT2D eigenvalue weighted by atomic mass is 16.4. The van der Waals surface area contributed by atoms with Crippen molar-refractivity contribution in [3.8, 4) is 0 Å². The van der Waals surface area contributed by atoms with E-state index in [4.69, 9.17) is 5.21 Å². The normalized spacial score (nSPS) is 15.8. The first kappa shape index (κ1) is 11.3. The van der Waals surface area contributed by atoms with E-state index in [0.29, 0.717) is 0 Å². The Morgan fingerprint density at radius 2 is 2.06 bits per heavy atom. The minimum atomic E-state index is 0.753. The summed E-state index contributed by atoms with van der Waals surface area (Å²) in [6.45, 7) is 1.60. The largest absolute Gasteiger partial charge is 0.410 e. The monoisotopic (exact) mass is 232 g/mol. The smallest absolute Gasteiger partial charge is 0.131 e. The summed E-state index contributed by atoms with van der Waals surface area (Å²) in [5.41, 5.74) is 8.50. The second-order valence-corrected chi connectivity index (χ2v) is 3.82. The summed E-state index contributed by atoms with van der Waals surface area (Å²) < 4.78 is 0. The Morgan fingerprint density at radius 3 is 2.71 bits per heavy atom. The second kappa shape index (κ2) is 5.79. The van der Waals surface area contributed by atoms with Crippen LogP contribution < -0.4 is 10.9 Å². The Labute approximate surface area is 100 Å². The van der Waals surface area contributed by atoms with Crippen molar-refractivity contribution >= 4 is 12.0 Å². The zero-order valence-electron chi connectivity index (χ0n) is 9.50. The van der Waals surface area contributed by atoms with Crippen molar-refractivity contribution in [3.63, 3.8) is 0 Å². The average Bonchev–Trinajstić information content (AvgIpc) is 2.40. The number of benzene rings is 1. The third kappa shape index (κ3) is 3.41. The molecule has 0 atom stereocenters. The van der Waals surface area contributed by atoms with Crippen molar-refractivity contribution in [2.45, 2.75) is 6.42 Å². The molecule has 0 bridgehead atoms. The lowest BCUT2D eigenvalue weighted by Gasteiger charge is -2.24. The molecule has 1 aromatic carbocycles. The van der Waals surface area contributed by atoms with Crippen molar-refractivity contribution in [2.75, 3.05) is 18.5 Å². The number of para-hydroxylation sites is 1. The number of hydrogen-bond acceptors (Lipinski definition) is 4. The van der Waals surface area contributed by atoms with Gasteiger partial charge in [-0.25, -0.2) is 0 Å². The fourth-order valence-corrected chi connectivity index (χ4v) is 1.65. The van der Waals surface area contributed by atoms with Gasteiger partial charge in [-0.1, -0.05) is 23.4 Å². The standard InChI is InChI=1S/C12H16N4O/c17-13-10-16-8-6-12(7-9-16)15-14-11-4-2-1-3-5-11/h1-6,10,14-15,17H,7-9H2. The number of oxime groups is 1. The molecule has 2 rings (SSSR count). The van der Waals surface area contributed by atoms with Crippen LogP contribution in [-0.4, -0.2) is 29.5 Å². The van der Waals surface area contributed by atoms with E-state index in [9.17, 15) is 0 Å². The first-order valence-electron chi connectivity index (χ1n) is 5.56. The maximum Gasteiger partial charge on any atom is 0.131 e. The Morgan fingerprint density at radius 1 is 1.24 bits per heavy atom. The van der Waals surface area contributed by atoms with E-state index in [1.54, 1.807) is 0 Å². The van der Waals surface area contributed by atoms with Crippen LogP contribution in [0, 0.1) is 0 Å². The summed E-state index contributed by atoms with van der Waals surface area (Å²) in [5, 5.41) is 11.4. The second-order valence-electron chi connectivity index (χ2n) is 3.82. The number of nitrogens with one attached hydrogen (secondary N) is 2. The molecule has 0 fully saturated rings. The van der Waals surface area contributed by atoms with Crippen LogP contribution >= 0.6 is 0 Å². The molecule has 90 valence electrons. The molecule has 5 heteroatoms. The fraction of sp³-hybridized carbons (Fsp3) is 0.250. The van der Waals surface area contributed by atoms with Gasteiger partial charge in [0.05, 0.1) is 5.69 Å². The van der Waals surface area contributed by atoms with Crippen LogP contribution in [0.5, 0.6) is 0 Å². The van der Waals surface area contributed by atoms with Gasteiger partial charge >= 0.3 is 0 Å². The molecular weight excluding hydrogens is 216 g/mol. The predicted octanol–water partition coefficient (Wildman–Crippen LogP) is 1.61. The lowest BCUT2D eigenvalue weighted by molar-refractivity contribution is 0.307. The SMILES string of the molecule is ON=CN1CC=C(NNc2ccccc2)CC1. The molecule has 0 radical (unpaired) electrons. The molecule has 0 aromatic heterocycles. The number of hydrogen-bond donors (Lipinski definition) is 3. The number of nitrogens with zero attached hydrogens (tertiary/aromatic N) is 2. The van der Waals surface area contributed by atoms with E-state index in [1.165, 1.54) is 6.34 Å². The summed E-state index contributed by atoms with van der Waals surface area (Å²) in [5.74, 6) is 0. The summed E-state index contributed by atoms with van der Waals surface area (Å²) in [7, 11) is 0. The molecule has 0 spiro atoms. The van der Waals surface area contributed by atoms with Crippen LogP contribution in [0.4, 0.5) is 5.69 Å². The molecule has 0 saturated carbocycles. The van der Waals surface area contributed by atoms with Crippen LogP contribution in [-0.2, 0) is 0 Å². The lowest BCUT2D eigenvalue weighted by Crippen LogP contribution is -2.32. The topological polar surface area (TPSA) is 59.9 Å².